The average molecular weight is 336 g/mol. The fourth-order valence-corrected chi connectivity index (χ4v) is 2.07. The molecule has 2 aromatic rings. The van der Waals surface area contributed by atoms with Gasteiger partial charge in [-0.2, -0.15) is 0 Å². The van der Waals surface area contributed by atoms with E-state index >= 15 is 0 Å². The van der Waals surface area contributed by atoms with Crippen LogP contribution in [0.4, 0.5) is 5.69 Å². The van der Waals surface area contributed by atoms with Gasteiger partial charge in [0, 0.05) is 17.2 Å². The van der Waals surface area contributed by atoms with Gasteiger partial charge in [0.1, 0.15) is 7.05 Å². The van der Waals surface area contributed by atoms with Crippen LogP contribution >= 0.6 is 23.4 Å². The summed E-state index contributed by atoms with van der Waals surface area (Å²) in [7, 11) is 1.89. The van der Waals surface area contributed by atoms with E-state index in [1.54, 1.807) is 36.4 Å². The number of hydrogen-bond acceptors (Lipinski definition) is 3. The number of nitrogens with zero attached hydrogens (tertiary/aromatic N) is 2. The van der Waals surface area contributed by atoms with Gasteiger partial charge in [-0.1, -0.05) is 23.4 Å². The van der Waals surface area contributed by atoms with Crippen molar-refractivity contribution >= 4 is 40.1 Å². The molecule has 0 aliphatic rings. The number of carbonyl (C=O) groups excluding carboxylic acids is 1. The van der Waals surface area contributed by atoms with Gasteiger partial charge in [-0.3, -0.25) is 15.6 Å². The van der Waals surface area contributed by atoms with Gasteiger partial charge in [0.05, 0.1) is 11.3 Å². The van der Waals surface area contributed by atoms with Crippen molar-refractivity contribution in [1.29, 1.82) is 0 Å². The molecule has 0 aliphatic heterocycles. The van der Waals surface area contributed by atoms with Crippen molar-refractivity contribution in [1.82, 2.24) is 10.9 Å². The molecule has 1 aromatic heterocycles. The van der Waals surface area contributed by atoms with E-state index in [2.05, 4.69) is 15.8 Å². The van der Waals surface area contributed by atoms with Crippen molar-refractivity contribution in [2.75, 3.05) is 6.26 Å². The first-order chi connectivity index (χ1) is 10.6. The first-order valence-electron chi connectivity index (χ1n) is 6.48. The third-order valence-corrected chi connectivity index (χ3v) is 3.61. The molecule has 0 unspecified atom stereocenters. The fraction of sp³-hybridized carbons (Fsp3) is 0.133. The second-order valence-electron chi connectivity index (χ2n) is 4.43. The summed E-state index contributed by atoms with van der Waals surface area (Å²) in [5.41, 5.74) is 6.76. The van der Waals surface area contributed by atoms with Gasteiger partial charge < -0.3 is 0 Å². The lowest BCUT2D eigenvalue weighted by Crippen LogP contribution is -2.40. The van der Waals surface area contributed by atoms with Crippen molar-refractivity contribution < 1.29 is 9.36 Å². The molecule has 2 N–H and O–H groups in total. The Balaban J connectivity index is 2.00. The summed E-state index contributed by atoms with van der Waals surface area (Å²) in [5.74, 6) is -0.224. The van der Waals surface area contributed by atoms with Crippen LogP contribution in [0.2, 0.25) is 5.02 Å². The molecule has 7 heteroatoms. The Bertz CT molecular complexity index is 671. The van der Waals surface area contributed by atoms with Crippen molar-refractivity contribution in [2.24, 2.45) is 12.0 Å². The third kappa shape index (κ3) is 4.75. The van der Waals surface area contributed by atoms with Crippen LogP contribution in [0.5, 0.6) is 0 Å². The van der Waals surface area contributed by atoms with Crippen molar-refractivity contribution in [3.63, 3.8) is 0 Å². The Labute approximate surface area is 138 Å². The molecule has 0 saturated heterocycles. The van der Waals surface area contributed by atoms with E-state index < -0.39 is 0 Å². The van der Waals surface area contributed by atoms with Crippen LogP contribution in [-0.2, 0) is 7.05 Å². The zero-order chi connectivity index (χ0) is 15.9. The number of benzene rings is 1. The molecule has 1 aromatic carbocycles. The number of thioether (sulfide) groups is 1. The summed E-state index contributed by atoms with van der Waals surface area (Å²) in [6.07, 6.45) is 5.49. The van der Waals surface area contributed by atoms with Crippen molar-refractivity contribution in [3.05, 3.63) is 59.4 Å². The molecule has 114 valence electrons. The first kappa shape index (κ1) is 16.3. The number of aryl methyl sites for hydroxylation is 1. The Kier molecular flexibility index (Phi) is 5.80. The molecule has 2 rings (SSSR count). The molecule has 0 fully saturated rings. The van der Waals surface area contributed by atoms with Gasteiger partial charge in [-0.15, -0.1) is 0 Å². The number of aliphatic imine (C=N–C) groups is 1. The van der Waals surface area contributed by atoms with Crippen LogP contribution in [0.15, 0.2) is 53.8 Å². The van der Waals surface area contributed by atoms with Crippen molar-refractivity contribution in [3.8, 4) is 0 Å². The Morgan fingerprint density at radius 2 is 1.77 bits per heavy atom. The highest BCUT2D eigenvalue weighted by Crippen LogP contribution is 2.17. The molecular weight excluding hydrogens is 320 g/mol. The SMILES string of the molecule is CSC(=Nc1ccc(Cl)cc1)NNC(=O)c1cc[n+](C)cc1. The molecular formula is C15H16ClN4OS+. The number of pyridine rings is 1. The summed E-state index contributed by atoms with van der Waals surface area (Å²) in [5, 5.41) is 1.24. The molecule has 0 bridgehead atoms. The van der Waals surface area contributed by atoms with Gasteiger partial charge in [0.15, 0.2) is 17.6 Å². The summed E-state index contributed by atoms with van der Waals surface area (Å²) in [6.45, 7) is 0. The maximum absolute atomic E-state index is 12.0. The number of hydrazine groups is 1. The second kappa shape index (κ2) is 7.82. The first-order valence-corrected chi connectivity index (χ1v) is 8.08. The highest BCUT2D eigenvalue weighted by atomic mass is 35.5. The minimum absolute atomic E-state index is 0.224. The van der Waals surface area contributed by atoms with E-state index in [1.165, 1.54) is 11.8 Å². The molecule has 0 atom stereocenters. The smallest absolute Gasteiger partial charge is 0.270 e. The van der Waals surface area contributed by atoms with E-state index in [9.17, 15) is 4.79 Å². The van der Waals surface area contributed by atoms with Crippen LogP contribution in [0.3, 0.4) is 0 Å². The van der Waals surface area contributed by atoms with Crippen LogP contribution in [-0.4, -0.2) is 17.3 Å². The molecule has 0 aliphatic carbocycles. The van der Waals surface area contributed by atoms with E-state index in [4.69, 9.17) is 11.6 Å². The molecule has 0 saturated carbocycles. The standard InChI is InChI=1S/C15H15ClN4OS/c1-20-9-7-11(8-10-20)14(21)18-19-15(22-2)17-13-5-3-12(16)4-6-13/h3-10,21H,1-2H3/p+1. The van der Waals surface area contributed by atoms with E-state index in [0.29, 0.717) is 15.8 Å². The number of amides is 1. The monoisotopic (exact) mass is 335 g/mol. The largest absolute Gasteiger partial charge is 0.276 e. The number of halogens is 1. The van der Waals surface area contributed by atoms with E-state index in [1.807, 2.05) is 30.3 Å². The number of nitrogens with one attached hydrogen (secondary N) is 2. The van der Waals surface area contributed by atoms with E-state index in [-0.39, 0.29) is 5.91 Å². The summed E-state index contributed by atoms with van der Waals surface area (Å²) in [4.78, 5) is 16.4. The van der Waals surface area contributed by atoms with Crippen LogP contribution in [0.1, 0.15) is 10.4 Å². The van der Waals surface area contributed by atoms with Gasteiger partial charge >= 0.3 is 0 Å². The zero-order valence-electron chi connectivity index (χ0n) is 12.2. The van der Waals surface area contributed by atoms with E-state index in [0.717, 1.165) is 5.69 Å². The maximum Gasteiger partial charge on any atom is 0.270 e. The number of hydrogen-bond donors (Lipinski definition) is 2. The van der Waals surface area contributed by atoms with Crippen molar-refractivity contribution in [2.45, 2.75) is 0 Å². The van der Waals surface area contributed by atoms with Gasteiger partial charge in [-0.25, -0.2) is 9.56 Å². The topological polar surface area (TPSA) is 57.4 Å². The predicted molar refractivity (Wildman–Crippen MR) is 90.3 cm³/mol. The maximum atomic E-state index is 12.0. The summed E-state index contributed by atoms with van der Waals surface area (Å²) >= 11 is 7.23. The number of aromatic nitrogens is 1. The highest BCUT2D eigenvalue weighted by Gasteiger charge is 2.07. The molecule has 5 nitrogen and oxygen atoms in total. The lowest BCUT2D eigenvalue weighted by atomic mass is 10.2. The van der Waals surface area contributed by atoms with Gasteiger partial charge in [0.2, 0.25) is 0 Å². The molecule has 1 heterocycles. The minimum Gasteiger partial charge on any atom is -0.276 e. The number of carbonyl (C=O) groups is 1. The summed E-state index contributed by atoms with van der Waals surface area (Å²) < 4.78 is 1.86. The molecule has 22 heavy (non-hydrogen) atoms. The Hall–Kier alpha value is -2.05. The highest BCUT2D eigenvalue weighted by molar-refractivity contribution is 8.13. The lowest BCUT2D eigenvalue weighted by molar-refractivity contribution is -0.671. The summed E-state index contributed by atoms with van der Waals surface area (Å²) in [6, 6.07) is 10.6. The van der Waals surface area contributed by atoms with Gasteiger partial charge in [0.25, 0.3) is 5.91 Å². The molecule has 1 amide bonds. The molecule has 0 spiro atoms. The quantitative estimate of drug-likeness (QED) is 0.383. The van der Waals surface area contributed by atoms with Crippen LogP contribution in [0, 0.1) is 0 Å². The third-order valence-electron chi connectivity index (χ3n) is 2.77. The normalized spacial score (nSPS) is 11.1. The average Bonchev–Trinajstić information content (AvgIpc) is 2.53. The van der Waals surface area contributed by atoms with Crippen LogP contribution < -0.4 is 15.4 Å². The van der Waals surface area contributed by atoms with Crippen LogP contribution in [0.25, 0.3) is 0 Å². The Morgan fingerprint density at radius 3 is 2.36 bits per heavy atom. The number of rotatable bonds is 2. The minimum atomic E-state index is -0.224. The lowest BCUT2D eigenvalue weighted by Gasteiger charge is -2.09. The zero-order valence-corrected chi connectivity index (χ0v) is 13.8. The number of amidine groups is 1. The second-order valence-corrected chi connectivity index (χ2v) is 5.66. The van der Waals surface area contributed by atoms with Gasteiger partial charge in [-0.05, 0) is 30.5 Å². The molecule has 0 radical (unpaired) electrons. The predicted octanol–water partition coefficient (Wildman–Crippen LogP) is 2.45. The Morgan fingerprint density at radius 1 is 1.14 bits per heavy atom. The fourth-order valence-electron chi connectivity index (χ4n) is 1.59.